The molecule has 4 rings (SSSR count). The van der Waals surface area contributed by atoms with Crippen LogP contribution < -0.4 is 5.56 Å². The molecular formula is C20H15FN2O4S. The van der Waals surface area contributed by atoms with Gasteiger partial charge in [-0.2, -0.15) is 0 Å². The SMILES string of the molecule is CCc1nc2scc(-c3ccc(F)cc3)c2c(=O)n1Cc1ccc(C(=O)O)o1. The molecule has 0 saturated carbocycles. The summed E-state index contributed by atoms with van der Waals surface area (Å²) >= 11 is 1.36. The second-order valence-corrected chi connectivity index (χ2v) is 7.04. The number of hydrogen-bond donors (Lipinski definition) is 1. The van der Waals surface area contributed by atoms with Crippen molar-refractivity contribution in [3.8, 4) is 11.1 Å². The van der Waals surface area contributed by atoms with E-state index in [4.69, 9.17) is 9.52 Å². The van der Waals surface area contributed by atoms with Gasteiger partial charge in [-0.15, -0.1) is 11.3 Å². The lowest BCUT2D eigenvalue weighted by molar-refractivity contribution is 0.0660. The molecule has 8 heteroatoms. The van der Waals surface area contributed by atoms with E-state index in [0.717, 1.165) is 5.56 Å². The van der Waals surface area contributed by atoms with E-state index in [0.29, 0.717) is 33.8 Å². The van der Waals surface area contributed by atoms with E-state index in [2.05, 4.69) is 4.98 Å². The minimum Gasteiger partial charge on any atom is -0.475 e. The smallest absolute Gasteiger partial charge is 0.371 e. The predicted molar refractivity (Wildman–Crippen MR) is 103 cm³/mol. The zero-order valence-corrected chi connectivity index (χ0v) is 15.6. The number of hydrogen-bond acceptors (Lipinski definition) is 5. The van der Waals surface area contributed by atoms with Gasteiger partial charge in [-0.1, -0.05) is 19.1 Å². The molecular weight excluding hydrogens is 383 g/mol. The molecule has 0 bridgehead atoms. The van der Waals surface area contributed by atoms with Gasteiger partial charge < -0.3 is 9.52 Å². The third kappa shape index (κ3) is 3.11. The monoisotopic (exact) mass is 398 g/mol. The van der Waals surface area contributed by atoms with Gasteiger partial charge in [0.1, 0.15) is 22.2 Å². The lowest BCUT2D eigenvalue weighted by atomic mass is 10.1. The van der Waals surface area contributed by atoms with Gasteiger partial charge in [-0.3, -0.25) is 9.36 Å². The Hall–Kier alpha value is -3.26. The van der Waals surface area contributed by atoms with Crippen LogP contribution in [0.4, 0.5) is 4.39 Å². The molecule has 0 aliphatic rings. The Morgan fingerprint density at radius 2 is 2.00 bits per heavy atom. The van der Waals surface area contributed by atoms with Gasteiger partial charge >= 0.3 is 5.97 Å². The summed E-state index contributed by atoms with van der Waals surface area (Å²) in [7, 11) is 0. The van der Waals surface area contributed by atoms with Crippen molar-refractivity contribution in [2.75, 3.05) is 0 Å². The number of fused-ring (bicyclic) bond motifs is 1. The molecule has 0 spiro atoms. The molecule has 0 radical (unpaired) electrons. The molecule has 0 unspecified atom stereocenters. The first-order valence-electron chi connectivity index (χ1n) is 8.56. The Kier molecular flexibility index (Phi) is 4.56. The fourth-order valence-electron chi connectivity index (χ4n) is 3.07. The average molecular weight is 398 g/mol. The molecule has 0 atom stereocenters. The molecule has 0 fully saturated rings. The van der Waals surface area contributed by atoms with Crippen LogP contribution in [0.1, 0.15) is 29.1 Å². The second-order valence-electron chi connectivity index (χ2n) is 6.18. The lowest BCUT2D eigenvalue weighted by Gasteiger charge is -2.10. The lowest BCUT2D eigenvalue weighted by Crippen LogP contribution is -2.25. The number of aryl methyl sites for hydroxylation is 1. The zero-order chi connectivity index (χ0) is 19.8. The molecule has 3 aromatic heterocycles. The maximum Gasteiger partial charge on any atom is 0.371 e. The Labute approximate surface area is 162 Å². The number of furan rings is 1. The van der Waals surface area contributed by atoms with E-state index < -0.39 is 5.97 Å². The number of benzene rings is 1. The van der Waals surface area contributed by atoms with Crippen LogP contribution in [0.2, 0.25) is 0 Å². The number of aromatic nitrogens is 2. The van der Waals surface area contributed by atoms with E-state index in [1.807, 2.05) is 12.3 Å². The maximum atomic E-state index is 13.3. The summed E-state index contributed by atoms with van der Waals surface area (Å²) in [6.07, 6.45) is 0.529. The standard InChI is InChI=1S/C20H15FN2O4S/c1-2-16-22-18-17(14(10-28-18)11-3-5-12(21)6-4-11)19(24)23(16)9-13-7-8-15(27-13)20(25)26/h3-8,10H,2,9H2,1H3,(H,25,26). The van der Waals surface area contributed by atoms with Crippen LogP contribution in [-0.2, 0) is 13.0 Å². The van der Waals surface area contributed by atoms with Crippen LogP contribution in [0, 0.1) is 5.82 Å². The molecule has 3 heterocycles. The zero-order valence-electron chi connectivity index (χ0n) is 14.8. The average Bonchev–Trinajstić information content (AvgIpc) is 3.32. The molecule has 0 aliphatic carbocycles. The van der Waals surface area contributed by atoms with Crippen molar-refractivity contribution in [2.45, 2.75) is 19.9 Å². The third-order valence-electron chi connectivity index (χ3n) is 4.43. The Morgan fingerprint density at radius 1 is 1.25 bits per heavy atom. The van der Waals surface area contributed by atoms with Crippen molar-refractivity contribution in [2.24, 2.45) is 0 Å². The molecule has 1 N–H and O–H groups in total. The topological polar surface area (TPSA) is 85.3 Å². The van der Waals surface area contributed by atoms with Gasteiger partial charge in [0.25, 0.3) is 5.56 Å². The first-order chi connectivity index (χ1) is 13.5. The molecule has 1 aromatic carbocycles. The van der Waals surface area contributed by atoms with Gasteiger partial charge in [0.15, 0.2) is 0 Å². The van der Waals surface area contributed by atoms with E-state index in [1.165, 1.54) is 40.2 Å². The van der Waals surface area contributed by atoms with Crippen LogP contribution >= 0.6 is 11.3 Å². The van der Waals surface area contributed by atoms with Crippen molar-refractivity contribution in [1.29, 1.82) is 0 Å². The molecule has 28 heavy (non-hydrogen) atoms. The van der Waals surface area contributed by atoms with E-state index in [-0.39, 0.29) is 23.7 Å². The number of halogens is 1. The van der Waals surface area contributed by atoms with Crippen LogP contribution in [0.15, 0.2) is 51.0 Å². The first kappa shape index (κ1) is 18.1. The molecule has 4 aromatic rings. The van der Waals surface area contributed by atoms with Gasteiger partial charge in [-0.05, 0) is 29.8 Å². The number of aromatic carboxylic acids is 1. The number of carboxylic acid groups (broad SMARTS) is 1. The first-order valence-corrected chi connectivity index (χ1v) is 9.44. The third-order valence-corrected chi connectivity index (χ3v) is 5.30. The number of thiophene rings is 1. The molecule has 142 valence electrons. The maximum absolute atomic E-state index is 13.3. The number of nitrogens with zero attached hydrogens (tertiary/aromatic N) is 2. The fraction of sp³-hybridized carbons (Fsp3) is 0.150. The van der Waals surface area contributed by atoms with Crippen LogP contribution in [0.25, 0.3) is 21.3 Å². The highest BCUT2D eigenvalue weighted by Gasteiger charge is 2.18. The van der Waals surface area contributed by atoms with Crippen molar-refractivity contribution >= 4 is 27.5 Å². The summed E-state index contributed by atoms with van der Waals surface area (Å²) in [5.74, 6) is -0.761. The second kappa shape index (κ2) is 7.05. The van der Waals surface area contributed by atoms with Gasteiger partial charge in [0.05, 0.1) is 11.9 Å². The van der Waals surface area contributed by atoms with Crippen LogP contribution in [0.5, 0.6) is 0 Å². The molecule has 0 saturated heterocycles. The van der Waals surface area contributed by atoms with Gasteiger partial charge in [-0.25, -0.2) is 14.2 Å². The van der Waals surface area contributed by atoms with E-state index >= 15 is 0 Å². The highest BCUT2D eigenvalue weighted by Crippen LogP contribution is 2.31. The van der Waals surface area contributed by atoms with Crippen molar-refractivity contribution in [3.05, 3.63) is 75.3 Å². The summed E-state index contributed by atoms with van der Waals surface area (Å²) in [6, 6.07) is 8.84. The fourth-order valence-corrected chi connectivity index (χ4v) is 4.03. The van der Waals surface area contributed by atoms with Crippen LogP contribution in [0.3, 0.4) is 0 Å². The number of carboxylic acids is 1. The van der Waals surface area contributed by atoms with Crippen molar-refractivity contribution < 1.29 is 18.7 Å². The van der Waals surface area contributed by atoms with E-state index in [9.17, 15) is 14.0 Å². The highest BCUT2D eigenvalue weighted by molar-refractivity contribution is 7.17. The molecule has 0 amide bonds. The highest BCUT2D eigenvalue weighted by atomic mass is 32.1. The van der Waals surface area contributed by atoms with Gasteiger partial charge in [0.2, 0.25) is 5.76 Å². The molecule has 0 aliphatic heterocycles. The van der Waals surface area contributed by atoms with Crippen molar-refractivity contribution in [3.63, 3.8) is 0 Å². The Bertz CT molecular complexity index is 1240. The number of rotatable bonds is 5. The summed E-state index contributed by atoms with van der Waals surface area (Å²) in [5.41, 5.74) is 1.18. The Morgan fingerprint density at radius 3 is 2.64 bits per heavy atom. The largest absolute Gasteiger partial charge is 0.475 e. The summed E-state index contributed by atoms with van der Waals surface area (Å²) in [5, 5.41) is 11.3. The minimum absolute atomic E-state index is 0.0803. The summed E-state index contributed by atoms with van der Waals surface area (Å²) < 4.78 is 20.0. The normalized spacial score (nSPS) is 11.2. The molecule has 6 nitrogen and oxygen atoms in total. The predicted octanol–water partition coefficient (Wildman–Crippen LogP) is 4.17. The Balaban J connectivity index is 1.86. The summed E-state index contributed by atoms with van der Waals surface area (Å²) in [6.45, 7) is 1.97. The van der Waals surface area contributed by atoms with Crippen molar-refractivity contribution in [1.82, 2.24) is 9.55 Å². The quantitative estimate of drug-likeness (QED) is 0.545. The minimum atomic E-state index is -1.17. The van der Waals surface area contributed by atoms with Crippen LogP contribution in [-0.4, -0.2) is 20.6 Å². The summed E-state index contributed by atoms with van der Waals surface area (Å²) in [4.78, 5) is 29.5. The van der Waals surface area contributed by atoms with E-state index in [1.54, 1.807) is 12.1 Å². The number of carbonyl (C=O) groups is 1. The van der Waals surface area contributed by atoms with Gasteiger partial charge in [0, 0.05) is 17.4 Å².